The van der Waals surface area contributed by atoms with Crippen molar-refractivity contribution in [1.82, 2.24) is 0 Å². The van der Waals surface area contributed by atoms with Crippen LogP contribution in [0.5, 0.6) is 5.75 Å². The molecule has 5 heteroatoms. The average Bonchev–Trinajstić information content (AvgIpc) is 2.70. The largest absolute Gasteiger partial charge is 0.492 e. The third kappa shape index (κ3) is 4.09. The monoisotopic (exact) mass is 382 g/mol. The van der Waals surface area contributed by atoms with Crippen molar-refractivity contribution in [2.75, 3.05) is 11.9 Å². The second-order valence-corrected chi connectivity index (χ2v) is 7.30. The Balaban J connectivity index is 1.89. The lowest BCUT2D eigenvalue weighted by Crippen LogP contribution is -2.42. The van der Waals surface area contributed by atoms with Gasteiger partial charge in [-0.1, -0.05) is 43.0 Å². The molecule has 1 aliphatic rings. The van der Waals surface area contributed by atoms with Crippen molar-refractivity contribution in [2.24, 2.45) is 0 Å². The predicted molar refractivity (Wildman–Crippen MR) is 107 cm³/mol. The van der Waals surface area contributed by atoms with Crippen LogP contribution in [0, 0.1) is 11.3 Å². The van der Waals surface area contributed by atoms with E-state index in [0.717, 1.165) is 37.7 Å². The molecule has 0 atom stereocenters. The molecule has 1 aliphatic carbocycles. The van der Waals surface area contributed by atoms with E-state index in [1.807, 2.05) is 31.2 Å². The van der Waals surface area contributed by atoms with Gasteiger partial charge in [0.05, 0.1) is 17.6 Å². The topological polar surface area (TPSA) is 62.1 Å². The van der Waals surface area contributed by atoms with Gasteiger partial charge in [-0.15, -0.1) is 0 Å². The van der Waals surface area contributed by atoms with Gasteiger partial charge in [0.1, 0.15) is 11.8 Å². The lowest BCUT2D eigenvalue weighted by Gasteiger charge is -2.36. The molecule has 4 nitrogen and oxygen atoms in total. The number of amides is 1. The Hall–Kier alpha value is -2.51. The molecule has 2 aromatic rings. The van der Waals surface area contributed by atoms with Crippen LogP contribution in [0.4, 0.5) is 5.69 Å². The van der Waals surface area contributed by atoms with Crippen molar-refractivity contribution in [3.05, 3.63) is 58.6 Å². The standard InChI is InChI=1S/C22H23ClN2O2/c1-2-27-20-11-10-19(14-16(20)15-24)25-21(26)22(12-4-3-5-13-22)17-6-8-18(23)9-7-17/h6-11,14H,2-5,12-13H2,1H3,(H,25,26). The van der Waals surface area contributed by atoms with Gasteiger partial charge in [0.2, 0.25) is 5.91 Å². The first-order chi connectivity index (χ1) is 13.1. The fraction of sp³-hybridized carbons (Fsp3) is 0.364. The van der Waals surface area contributed by atoms with Gasteiger partial charge in [0.25, 0.3) is 0 Å². The minimum absolute atomic E-state index is 0.0300. The zero-order valence-corrected chi connectivity index (χ0v) is 16.2. The number of carbonyl (C=O) groups excluding carboxylic acids is 1. The molecule has 140 valence electrons. The second-order valence-electron chi connectivity index (χ2n) is 6.86. The third-order valence-electron chi connectivity index (χ3n) is 5.20. The Labute approximate surface area is 165 Å². The number of halogens is 1. The van der Waals surface area contributed by atoms with Crippen molar-refractivity contribution in [2.45, 2.75) is 44.4 Å². The SMILES string of the molecule is CCOc1ccc(NC(=O)C2(c3ccc(Cl)cc3)CCCCC2)cc1C#N. The van der Waals surface area contributed by atoms with E-state index in [4.69, 9.17) is 16.3 Å². The number of hydrogen-bond acceptors (Lipinski definition) is 3. The van der Waals surface area contributed by atoms with E-state index in [-0.39, 0.29) is 5.91 Å². The van der Waals surface area contributed by atoms with E-state index >= 15 is 0 Å². The molecule has 2 aromatic carbocycles. The second kappa shape index (κ2) is 8.45. The molecule has 0 aliphatic heterocycles. The molecule has 3 rings (SSSR count). The van der Waals surface area contributed by atoms with Gasteiger partial charge in [0.15, 0.2) is 0 Å². The van der Waals surface area contributed by atoms with E-state index in [9.17, 15) is 10.1 Å². The Morgan fingerprint density at radius 3 is 2.52 bits per heavy atom. The van der Waals surface area contributed by atoms with Crippen molar-refractivity contribution in [3.63, 3.8) is 0 Å². The van der Waals surface area contributed by atoms with Crippen LogP contribution in [-0.4, -0.2) is 12.5 Å². The van der Waals surface area contributed by atoms with Crippen molar-refractivity contribution < 1.29 is 9.53 Å². The smallest absolute Gasteiger partial charge is 0.235 e. The predicted octanol–water partition coefficient (Wildman–Crippen LogP) is 5.45. The highest BCUT2D eigenvalue weighted by molar-refractivity contribution is 6.30. The Kier molecular flexibility index (Phi) is 6.03. The van der Waals surface area contributed by atoms with Crippen LogP contribution in [0.1, 0.15) is 50.2 Å². The number of hydrogen-bond donors (Lipinski definition) is 1. The van der Waals surface area contributed by atoms with Crippen LogP contribution in [0.2, 0.25) is 5.02 Å². The lowest BCUT2D eigenvalue weighted by atomic mass is 9.68. The maximum Gasteiger partial charge on any atom is 0.235 e. The van der Waals surface area contributed by atoms with E-state index < -0.39 is 5.41 Å². The number of ether oxygens (including phenoxy) is 1. The number of rotatable bonds is 5. The molecule has 0 saturated heterocycles. The van der Waals surface area contributed by atoms with Crippen LogP contribution >= 0.6 is 11.6 Å². The van der Waals surface area contributed by atoms with Crippen LogP contribution < -0.4 is 10.1 Å². The summed E-state index contributed by atoms with van der Waals surface area (Å²) < 4.78 is 5.46. The summed E-state index contributed by atoms with van der Waals surface area (Å²) in [5.41, 5.74) is 1.46. The summed E-state index contributed by atoms with van der Waals surface area (Å²) in [5.74, 6) is 0.501. The molecule has 0 spiro atoms. The summed E-state index contributed by atoms with van der Waals surface area (Å²) in [6, 6.07) is 14.9. The highest BCUT2D eigenvalue weighted by Gasteiger charge is 2.41. The zero-order valence-electron chi connectivity index (χ0n) is 15.4. The molecule has 0 unspecified atom stereocenters. The number of benzene rings is 2. The number of carbonyl (C=O) groups is 1. The summed E-state index contributed by atoms with van der Waals surface area (Å²) in [7, 11) is 0. The fourth-order valence-corrected chi connectivity index (χ4v) is 3.92. The number of nitrogens with one attached hydrogen (secondary N) is 1. The minimum atomic E-state index is -0.561. The molecule has 0 bridgehead atoms. The molecule has 0 aromatic heterocycles. The van der Waals surface area contributed by atoms with Gasteiger partial charge in [-0.2, -0.15) is 5.26 Å². The van der Waals surface area contributed by atoms with E-state index in [2.05, 4.69) is 11.4 Å². The van der Waals surface area contributed by atoms with Gasteiger partial charge >= 0.3 is 0 Å². The van der Waals surface area contributed by atoms with Crippen molar-refractivity contribution in [1.29, 1.82) is 5.26 Å². The summed E-state index contributed by atoms with van der Waals surface area (Å²) >= 11 is 6.04. The first-order valence-electron chi connectivity index (χ1n) is 9.33. The minimum Gasteiger partial charge on any atom is -0.492 e. The fourth-order valence-electron chi connectivity index (χ4n) is 3.80. The molecule has 0 radical (unpaired) electrons. The van der Waals surface area contributed by atoms with Gasteiger partial charge in [-0.3, -0.25) is 4.79 Å². The Morgan fingerprint density at radius 1 is 1.19 bits per heavy atom. The quantitative estimate of drug-likeness (QED) is 0.747. The molecule has 1 amide bonds. The first kappa shape index (κ1) is 19.3. The van der Waals surface area contributed by atoms with Gasteiger partial charge < -0.3 is 10.1 Å². The van der Waals surface area contributed by atoms with Crippen LogP contribution in [0.3, 0.4) is 0 Å². The van der Waals surface area contributed by atoms with E-state index in [1.165, 1.54) is 0 Å². The highest BCUT2D eigenvalue weighted by Crippen LogP contribution is 2.41. The normalized spacial score (nSPS) is 15.6. The molecular formula is C22H23ClN2O2. The molecule has 1 saturated carbocycles. The molecule has 27 heavy (non-hydrogen) atoms. The van der Waals surface area contributed by atoms with Gasteiger partial charge in [-0.05, 0) is 55.7 Å². The lowest BCUT2D eigenvalue weighted by molar-refractivity contribution is -0.122. The average molecular weight is 383 g/mol. The Morgan fingerprint density at radius 2 is 1.89 bits per heavy atom. The summed E-state index contributed by atoms with van der Waals surface area (Å²) in [6.07, 6.45) is 4.79. The molecular weight excluding hydrogens is 360 g/mol. The summed E-state index contributed by atoms with van der Waals surface area (Å²) in [5, 5.41) is 13.0. The molecule has 0 heterocycles. The number of nitriles is 1. The number of nitrogens with zero attached hydrogens (tertiary/aromatic N) is 1. The maximum atomic E-state index is 13.3. The van der Waals surface area contributed by atoms with Crippen LogP contribution in [0.15, 0.2) is 42.5 Å². The first-order valence-corrected chi connectivity index (χ1v) is 9.71. The number of anilines is 1. The van der Waals surface area contributed by atoms with Crippen molar-refractivity contribution in [3.8, 4) is 11.8 Å². The van der Waals surface area contributed by atoms with E-state index in [1.54, 1.807) is 18.2 Å². The highest BCUT2D eigenvalue weighted by atomic mass is 35.5. The summed E-state index contributed by atoms with van der Waals surface area (Å²) in [6.45, 7) is 2.36. The maximum absolute atomic E-state index is 13.3. The van der Waals surface area contributed by atoms with Crippen molar-refractivity contribution >= 4 is 23.2 Å². The molecule has 1 N–H and O–H groups in total. The zero-order chi connectivity index (χ0) is 19.3. The molecule has 1 fully saturated rings. The Bertz CT molecular complexity index is 850. The van der Waals surface area contributed by atoms with E-state index in [0.29, 0.717) is 28.6 Å². The van der Waals surface area contributed by atoms with Gasteiger partial charge in [-0.25, -0.2) is 0 Å². The third-order valence-corrected chi connectivity index (χ3v) is 5.45. The van der Waals surface area contributed by atoms with Crippen LogP contribution in [0.25, 0.3) is 0 Å². The van der Waals surface area contributed by atoms with Gasteiger partial charge in [0, 0.05) is 10.7 Å². The summed E-state index contributed by atoms with van der Waals surface area (Å²) in [4.78, 5) is 13.3. The van der Waals surface area contributed by atoms with Crippen LogP contribution in [-0.2, 0) is 10.2 Å².